The molecule has 0 aromatic carbocycles. The summed E-state index contributed by atoms with van der Waals surface area (Å²) in [4.78, 5) is 21.7. The molecule has 1 aromatic heterocycles. The van der Waals surface area contributed by atoms with Crippen molar-refractivity contribution < 1.29 is 14.3 Å². The molecule has 1 unspecified atom stereocenters. The number of hydrogen-bond acceptors (Lipinski definition) is 5. The van der Waals surface area contributed by atoms with Crippen molar-refractivity contribution in [3.05, 3.63) is 23.9 Å². The molecule has 1 amide bonds. The Bertz CT molecular complexity index is 614. The Labute approximate surface area is 162 Å². The zero-order valence-electron chi connectivity index (χ0n) is 16.9. The minimum Gasteiger partial charge on any atom is -0.384 e. The minimum atomic E-state index is -0.0847. The minimum absolute atomic E-state index is 0.0771. The van der Waals surface area contributed by atoms with Crippen LogP contribution in [0, 0.1) is 5.92 Å². The lowest BCUT2D eigenvalue weighted by Crippen LogP contribution is -2.51. The molecule has 6 nitrogen and oxygen atoms in total. The molecule has 2 aliphatic rings. The van der Waals surface area contributed by atoms with Gasteiger partial charge >= 0.3 is 0 Å². The number of piperidine rings is 1. The van der Waals surface area contributed by atoms with Gasteiger partial charge in [0.05, 0.1) is 24.4 Å². The van der Waals surface area contributed by atoms with Gasteiger partial charge in [0.2, 0.25) is 0 Å². The first-order valence-electron chi connectivity index (χ1n) is 10.2. The number of ether oxygens (including phenoxy) is 2. The maximum atomic E-state index is 12.8. The number of pyridine rings is 1. The second-order valence-electron chi connectivity index (χ2n) is 7.78. The van der Waals surface area contributed by atoms with Crippen LogP contribution in [0.1, 0.15) is 49.9 Å². The number of hydrogen-bond donors (Lipinski definition) is 0. The number of anilines is 1. The molecule has 0 spiro atoms. The number of amides is 1. The van der Waals surface area contributed by atoms with E-state index in [2.05, 4.69) is 23.7 Å². The summed E-state index contributed by atoms with van der Waals surface area (Å²) >= 11 is 0. The Morgan fingerprint density at radius 3 is 2.81 bits per heavy atom. The Balaban J connectivity index is 1.65. The first kappa shape index (κ1) is 20.1. The molecule has 27 heavy (non-hydrogen) atoms. The average molecular weight is 376 g/mol. The van der Waals surface area contributed by atoms with Crippen LogP contribution in [0.25, 0.3) is 0 Å². The van der Waals surface area contributed by atoms with E-state index < -0.39 is 0 Å². The van der Waals surface area contributed by atoms with E-state index >= 15 is 0 Å². The van der Waals surface area contributed by atoms with E-state index in [-0.39, 0.29) is 11.5 Å². The van der Waals surface area contributed by atoms with Crippen molar-refractivity contribution in [3.8, 4) is 0 Å². The highest BCUT2D eigenvalue weighted by atomic mass is 16.5. The summed E-state index contributed by atoms with van der Waals surface area (Å²) in [5.41, 5.74) is 0.584. The van der Waals surface area contributed by atoms with Gasteiger partial charge in [-0.15, -0.1) is 0 Å². The van der Waals surface area contributed by atoms with Crippen molar-refractivity contribution in [3.63, 3.8) is 0 Å². The Hall–Kier alpha value is -1.66. The maximum absolute atomic E-state index is 12.8. The van der Waals surface area contributed by atoms with Gasteiger partial charge in [0.25, 0.3) is 5.91 Å². The van der Waals surface area contributed by atoms with Crippen LogP contribution in [0.3, 0.4) is 0 Å². The third-order valence-electron chi connectivity index (χ3n) is 6.06. The van der Waals surface area contributed by atoms with E-state index in [1.807, 2.05) is 17.0 Å². The molecule has 0 N–H and O–H groups in total. The van der Waals surface area contributed by atoms with Gasteiger partial charge in [0.1, 0.15) is 5.82 Å². The molecule has 2 fully saturated rings. The lowest BCUT2D eigenvalue weighted by Gasteiger charge is -2.42. The van der Waals surface area contributed by atoms with E-state index in [0.717, 1.165) is 64.3 Å². The van der Waals surface area contributed by atoms with E-state index in [4.69, 9.17) is 9.47 Å². The monoisotopic (exact) mass is 375 g/mol. The number of morpholine rings is 1. The van der Waals surface area contributed by atoms with Gasteiger partial charge in [0.15, 0.2) is 0 Å². The third kappa shape index (κ3) is 4.61. The second-order valence-corrected chi connectivity index (χ2v) is 7.78. The molecule has 6 heteroatoms. The largest absolute Gasteiger partial charge is 0.384 e. The van der Waals surface area contributed by atoms with Gasteiger partial charge in [-0.05, 0) is 43.7 Å². The molecular formula is C21H33N3O3. The number of methoxy groups -OCH3 is 1. The molecule has 0 saturated carbocycles. The van der Waals surface area contributed by atoms with Crippen LogP contribution in [0.15, 0.2) is 18.3 Å². The summed E-state index contributed by atoms with van der Waals surface area (Å²) in [5, 5.41) is 0. The number of nitrogens with zero attached hydrogens (tertiary/aromatic N) is 3. The fourth-order valence-electron chi connectivity index (χ4n) is 4.22. The van der Waals surface area contributed by atoms with Crippen LogP contribution in [0.2, 0.25) is 0 Å². The lowest BCUT2D eigenvalue weighted by molar-refractivity contribution is -0.0606. The van der Waals surface area contributed by atoms with Crippen molar-refractivity contribution in [1.29, 1.82) is 0 Å². The predicted molar refractivity (Wildman–Crippen MR) is 106 cm³/mol. The zero-order chi connectivity index (χ0) is 19.3. The van der Waals surface area contributed by atoms with Crippen LogP contribution < -0.4 is 4.90 Å². The molecule has 0 bridgehead atoms. The Kier molecular flexibility index (Phi) is 6.71. The van der Waals surface area contributed by atoms with E-state index in [1.165, 1.54) is 0 Å². The van der Waals surface area contributed by atoms with Gasteiger partial charge in [-0.2, -0.15) is 0 Å². The highest BCUT2D eigenvalue weighted by Crippen LogP contribution is 2.28. The molecule has 1 atom stereocenters. The summed E-state index contributed by atoms with van der Waals surface area (Å²) < 4.78 is 11.3. The normalized spacial score (nSPS) is 22.7. The van der Waals surface area contributed by atoms with Gasteiger partial charge in [0, 0.05) is 39.5 Å². The van der Waals surface area contributed by atoms with E-state index in [0.29, 0.717) is 18.1 Å². The maximum Gasteiger partial charge on any atom is 0.255 e. The molecule has 3 rings (SSSR count). The molecule has 2 saturated heterocycles. The summed E-state index contributed by atoms with van der Waals surface area (Å²) in [5.74, 6) is 1.44. The molecule has 2 aliphatic heterocycles. The highest BCUT2D eigenvalue weighted by molar-refractivity contribution is 5.94. The SMILES string of the molecule is CCC1(CC)CN(c2ccc(C(=O)N3CCCC(COC)C3)cn2)CCO1. The molecule has 150 valence electrons. The number of rotatable bonds is 6. The summed E-state index contributed by atoms with van der Waals surface area (Å²) in [6, 6.07) is 3.89. The number of carbonyl (C=O) groups excluding carboxylic acids is 1. The van der Waals surface area contributed by atoms with Gasteiger partial charge in [-0.3, -0.25) is 4.79 Å². The zero-order valence-corrected chi connectivity index (χ0v) is 16.9. The lowest BCUT2D eigenvalue weighted by atomic mass is 9.95. The molecular weight excluding hydrogens is 342 g/mol. The van der Waals surface area contributed by atoms with Crippen molar-refractivity contribution in [1.82, 2.24) is 9.88 Å². The highest BCUT2D eigenvalue weighted by Gasteiger charge is 2.34. The quantitative estimate of drug-likeness (QED) is 0.765. The van der Waals surface area contributed by atoms with E-state index in [9.17, 15) is 4.79 Å². The fourth-order valence-corrected chi connectivity index (χ4v) is 4.22. The van der Waals surface area contributed by atoms with Crippen LogP contribution in [-0.2, 0) is 9.47 Å². The van der Waals surface area contributed by atoms with Crippen molar-refractivity contribution >= 4 is 11.7 Å². The van der Waals surface area contributed by atoms with Gasteiger partial charge < -0.3 is 19.3 Å². The first-order chi connectivity index (χ1) is 13.1. The van der Waals surface area contributed by atoms with Crippen molar-refractivity contribution in [2.24, 2.45) is 5.92 Å². The summed E-state index contributed by atoms with van der Waals surface area (Å²) in [6.07, 6.45) is 5.88. The Morgan fingerprint density at radius 2 is 2.15 bits per heavy atom. The van der Waals surface area contributed by atoms with Crippen molar-refractivity contribution in [2.45, 2.75) is 45.1 Å². The number of carbonyl (C=O) groups is 1. The molecule has 3 heterocycles. The van der Waals surface area contributed by atoms with Crippen LogP contribution in [-0.4, -0.2) is 67.9 Å². The predicted octanol–water partition coefficient (Wildman–Crippen LogP) is 2.98. The molecule has 0 radical (unpaired) electrons. The molecule has 0 aliphatic carbocycles. The number of likely N-dealkylation sites (tertiary alicyclic amines) is 1. The summed E-state index contributed by atoms with van der Waals surface area (Å²) in [7, 11) is 1.72. The average Bonchev–Trinajstić information content (AvgIpc) is 2.74. The molecule has 1 aromatic rings. The Morgan fingerprint density at radius 1 is 1.33 bits per heavy atom. The van der Waals surface area contributed by atoms with Crippen LogP contribution >= 0.6 is 0 Å². The topological polar surface area (TPSA) is 54.9 Å². The van der Waals surface area contributed by atoms with Crippen LogP contribution in [0.4, 0.5) is 5.82 Å². The summed E-state index contributed by atoms with van der Waals surface area (Å²) in [6.45, 7) is 9.08. The smallest absolute Gasteiger partial charge is 0.255 e. The van der Waals surface area contributed by atoms with E-state index in [1.54, 1.807) is 13.3 Å². The second kappa shape index (κ2) is 9.02. The van der Waals surface area contributed by atoms with Crippen LogP contribution in [0.5, 0.6) is 0 Å². The standard InChI is InChI=1S/C21H33N3O3/c1-4-21(5-2)16-24(11-12-27-21)19-9-8-18(13-22-19)20(25)23-10-6-7-17(14-23)15-26-3/h8-9,13,17H,4-7,10-12,14-16H2,1-3H3. The third-order valence-corrected chi connectivity index (χ3v) is 6.06. The first-order valence-corrected chi connectivity index (χ1v) is 10.2. The van der Waals surface area contributed by atoms with Gasteiger partial charge in [-0.25, -0.2) is 4.98 Å². The van der Waals surface area contributed by atoms with Crippen molar-refractivity contribution in [2.75, 3.05) is 51.4 Å². The fraction of sp³-hybridized carbons (Fsp3) is 0.714. The van der Waals surface area contributed by atoms with Gasteiger partial charge in [-0.1, -0.05) is 13.8 Å². The number of aromatic nitrogens is 1.